The number of aromatic hydroxyl groups is 2. The molecule has 10 rings (SSSR count). The maximum absolute atomic E-state index is 14.4. The number of hydrogen-bond acceptors (Lipinski definition) is 19. The first-order valence-corrected chi connectivity index (χ1v) is 24.9. The minimum Gasteiger partial charge on any atom is -0.508 e. The smallest absolute Gasteiger partial charge is 0.336 e. The highest BCUT2D eigenvalue weighted by molar-refractivity contribution is 6.08. The molecule has 7 N–H and O–H groups in total. The summed E-state index contributed by atoms with van der Waals surface area (Å²) >= 11 is 0. The summed E-state index contributed by atoms with van der Waals surface area (Å²) in [4.78, 5) is 75.5. The van der Waals surface area contributed by atoms with Crippen LogP contribution in [-0.2, 0) is 35.4 Å². The van der Waals surface area contributed by atoms with Gasteiger partial charge >= 0.3 is 5.97 Å². The largest absolute Gasteiger partial charge is 0.508 e. The lowest BCUT2D eigenvalue weighted by atomic mass is 9.90. The maximum atomic E-state index is 14.4. The number of nitrogens with two attached hydrogens (primary N) is 1. The van der Waals surface area contributed by atoms with Crippen molar-refractivity contribution < 1.29 is 39.2 Å². The van der Waals surface area contributed by atoms with E-state index < -0.39 is 12.0 Å². The summed E-state index contributed by atoms with van der Waals surface area (Å²) in [5.74, 6) is -0.553. The van der Waals surface area contributed by atoms with Crippen molar-refractivity contribution in [3.8, 4) is 33.9 Å². The van der Waals surface area contributed by atoms with E-state index in [-0.39, 0.29) is 77.6 Å². The monoisotopic (exact) mass is 1030 g/mol. The summed E-state index contributed by atoms with van der Waals surface area (Å²) in [7, 11) is 0. The molecule has 0 spiro atoms. The van der Waals surface area contributed by atoms with E-state index in [1.165, 1.54) is 35.0 Å². The number of phenolic OH excluding ortho intramolecular Hbond substituents is 2. The fourth-order valence-electron chi connectivity index (χ4n) is 9.54. The Labute approximate surface area is 434 Å². The molecule has 1 aliphatic carbocycles. The van der Waals surface area contributed by atoms with Gasteiger partial charge in [0.25, 0.3) is 0 Å². The number of aliphatic hydroxyl groups is 1. The van der Waals surface area contributed by atoms with Gasteiger partial charge in [0, 0.05) is 119 Å². The normalized spacial score (nSPS) is 14.4. The van der Waals surface area contributed by atoms with Crippen LogP contribution < -0.4 is 26.3 Å². The highest BCUT2D eigenvalue weighted by Crippen LogP contribution is 2.42. The number of carboxylic acid groups (broad SMARTS) is 1. The van der Waals surface area contributed by atoms with E-state index in [1.54, 1.807) is 75.4 Å². The van der Waals surface area contributed by atoms with Gasteiger partial charge in [0.15, 0.2) is 5.43 Å². The van der Waals surface area contributed by atoms with Crippen molar-refractivity contribution >= 4 is 52.3 Å². The molecule has 3 aromatic heterocycles. The van der Waals surface area contributed by atoms with Crippen LogP contribution in [0.5, 0.6) is 11.5 Å². The maximum Gasteiger partial charge on any atom is 0.336 e. The summed E-state index contributed by atoms with van der Waals surface area (Å²) in [6.07, 6.45) is 6.49. The van der Waals surface area contributed by atoms with E-state index in [9.17, 15) is 39.6 Å². The van der Waals surface area contributed by atoms with Crippen molar-refractivity contribution in [1.82, 2.24) is 54.7 Å². The van der Waals surface area contributed by atoms with Gasteiger partial charge in [0.05, 0.1) is 17.0 Å². The SMILES string of the molecule is NCCCCc1cn(CC(=O)N2CCN(c3nc(Nc4ccc(-c5c6ccc(=O)cc-6oc6cc(O)ccc56)c(C(=O)O)c4)nc(N4CCN(C(=O)[C@H](Cc5ccc(O)cc5)n5cc(CCO)nn5)CC4)n3)CC2)nn1. The van der Waals surface area contributed by atoms with Crippen LogP contribution in [0, 0.1) is 0 Å². The van der Waals surface area contributed by atoms with Crippen molar-refractivity contribution in [2.75, 3.05) is 80.6 Å². The Hall–Kier alpha value is -9.03. The zero-order valence-corrected chi connectivity index (χ0v) is 41.3. The molecule has 4 aliphatic rings. The summed E-state index contributed by atoms with van der Waals surface area (Å²) in [5.41, 5.74) is 9.31. The van der Waals surface area contributed by atoms with E-state index in [1.807, 2.05) is 9.80 Å². The second kappa shape index (κ2) is 22.2. The lowest BCUT2D eigenvalue weighted by Crippen LogP contribution is -2.52. The number of anilines is 4. The molecule has 0 unspecified atom stereocenters. The minimum absolute atomic E-state index is 0.0390. The quantitative estimate of drug-likeness (QED) is 0.0531. The summed E-state index contributed by atoms with van der Waals surface area (Å²) < 4.78 is 9.08. The number of carbonyl (C=O) groups is 3. The van der Waals surface area contributed by atoms with Crippen molar-refractivity contribution in [2.24, 2.45) is 5.73 Å². The third-order valence-electron chi connectivity index (χ3n) is 13.5. The Kier molecular flexibility index (Phi) is 14.8. The number of rotatable bonds is 18. The molecule has 6 heterocycles. The molecule has 24 nitrogen and oxygen atoms in total. The Bertz CT molecular complexity index is 3420. The van der Waals surface area contributed by atoms with Crippen molar-refractivity contribution in [1.29, 1.82) is 0 Å². The number of aromatic nitrogens is 9. The standard InChI is InChI=1S/C52H55N15O9/c53-15-2-1-3-34-29-66(60-58-34)31-46(72)62-16-20-64(21-17-62)51-55-50(54-33-6-11-39(42(26-33)49(74)75)47-40-12-9-37(70)27-44(40)76-45-28-38(71)10-13-41(45)47)56-52(57-51)65-22-18-63(19-23-65)48(73)43(25-32-4-7-36(69)8-5-32)67-30-35(14-24-68)59-61-67/h4-13,26-30,43,68-70H,1-3,14-25,31,53H2,(H,74,75)(H,54,55,56,57)/t43-/m0/s1. The average molecular weight is 1030 g/mol. The van der Waals surface area contributed by atoms with Crippen molar-refractivity contribution in [3.05, 3.63) is 124 Å². The lowest BCUT2D eigenvalue weighted by molar-refractivity contribution is -0.135. The third-order valence-corrected chi connectivity index (χ3v) is 13.5. The van der Waals surface area contributed by atoms with Gasteiger partial charge in [-0.25, -0.2) is 14.2 Å². The molecular formula is C52H55N15O9. The lowest BCUT2D eigenvalue weighted by Gasteiger charge is -2.37. The fourth-order valence-corrected chi connectivity index (χ4v) is 9.54. The second-order valence-corrected chi connectivity index (χ2v) is 18.6. The van der Waals surface area contributed by atoms with Gasteiger partial charge < -0.3 is 55.5 Å². The highest BCUT2D eigenvalue weighted by atomic mass is 16.4. The van der Waals surface area contributed by atoms with Crippen molar-refractivity contribution in [3.63, 3.8) is 0 Å². The number of benzene rings is 4. The fraction of sp³-hybridized carbons (Fsp3) is 0.327. The van der Waals surface area contributed by atoms with Crippen LogP contribution in [-0.4, -0.2) is 158 Å². The number of carboxylic acids is 1. The van der Waals surface area contributed by atoms with Crippen LogP contribution >= 0.6 is 0 Å². The molecular weight excluding hydrogens is 979 g/mol. The zero-order chi connectivity index (χ0) is 52.9. The van der Waals surface area contributed by atoms with Crippen LogP contribution in [0.25, 0.3) is 33.4 Å². The number of fused-ring (bicyclic) bond motifs is 2. The molecule has 3 aliphatic heterocycles. The summed E-state index contributed by atoms with van der Waals surface area (Å²) in [5, 5.41) is 61.1. The topological polar surface area (TPSA) is 313 Å². The van der Waals surface area contributed by atoms with Crippen LogP contribution in [0.2, 0.25) is 0 Å². The van der Waals surface area contributed by atoms with Gasteiger partial charge in [0.1, 0.15) is 35.4 Å². The molecule has 3 aromatic carbocycles. The first kappa shape index (κ1) is 50.5. The van der Waals surface area contributed by atoms with Gasteiger partial charge in [-0.3, -0.25) is 14.4 Å². The van der Waals surface area contributed by atoms with Gasteiger partial charge in [-0.2, -0.15) is 15.0 Å². The number of phenols is 2. The molecule has 1 atom stereocenters. The van der Waals surface area contributed by atoms with Crippen LogP contribution in [0.1, 0.15) is 46.2 Å². The number of aryl methyl sites for hydroxylation is 1. The number of hydrogen-bond donors (Lipinski definition) is 6. The van der Waals surface area contributed by atoms with Crippen molar-refractivity contribution in [2.45, 2.75) is 44.7 Å². The predicted molar refractivity (Wildman–Crippen MR) is 278 cm³/mol. The number of aliphatic hydroxyl groups excluding tert-OH is 1. The Morgan fingerprint density at radius 1 is 0.724 bits per heavy atom. The second-order valence-electron chi connectivity index (χ2n) is 18.6. The van der Waals surface area contributed by atoms with Gasteiger partial charge in [-0.15, -0.1) is 10.2 Å². The first-order valence-electron chi connectivity index (χ1n) is 24.9. The Balaban J connectivity index is 0.920. The number of unbranched alkanes of at least 4 members (excludes halogenated alkanes) is 1. The molecule has 392 valence electrons. The Morgan fingerprint density at radius 2 is 1.41 bits per heavy atom. The number of nitrogens with one attached hydrogen (secondary N) is 1. The number of amides is 2. The van der Waals surface area contributed by atoms with E-state index in [0.717, 1.165) is 30.5 Å². The van der Waals surface area contributed by atoms with E-state index in [2.05, 4.69) is 25.9 Å². The number of nitrogens with zero attached hydrogens (tertiary/aromatic N) is 13. The molecule has 0 bridgehead atoms. The molecule has 76 heavy (non-hydrogen) atoms. The average Bonchev–Trinajstić information content (AvgIpc) is 4.09. The van der Waals surface area contributed by atoms with E-state index >= 15 is 0 Å². The number of aromatic carboxylic acids is 1. The Morgan fingerprint density at radius 3 is 2.12 bits per heavy atom. The molecule has 2 saturated heterocycles. The van der Waals surface area contributed by atoms with E-state index in [4.69, 9.17) is 25.1 Å². The van der Waals surface area contributed by atoms with Crippen LogP contribution in [0.3, 0.4) is 0 Å². The number of carbonyl (C=O) groups excluding carboxylic acids is 2. The van der Waals surface area contributed by atoms with Gasteiger partial charge in [-0.05, 0) is 85.5 Å². The zero-order valence-electron chi connectivity index (χ0n) is 41.3. The van der Waals surface area contributed by atoms with E-state index in [0.29, 0.717) is 104 Å². The summed E-state index contributed by atoms with van der Waals surface area (Å²) in [6, 6.07) is 19.5. The molecule has 0 saturated carbocycles. The third kappa shape index (κ3) is 11.2. The van der Waals surface area contributed by atoms with Gasteiger partial charge in [0.2, 0.25) is 29.7 Å². The highest BCUT2D eigenvalue weighted by Gasteiger charge is 2.32. The molecule has 6 aromatic rings. The summed E-state index contributed by atoms with van der Waals surface area (Å²) in [6.45, 7) is 3.29. The predicted octanol–water partition coefficient (Wildman–Crippen LogP) is 3.08. The molecule has 0 radical (unpaired) electrons. The number of piperazine rings is 2. The molecule has 2 fully saturated rings. The minimum atomic E-state index is -1.23. The molecule has 24 heteroatoms. The van der Waals surface area contributed by atoms with Crippen LogP contribution in [0.4, 0.5) is 23.5 Å². The van der Waals surface area contributed by atoms with Crippen LogP contribution in [0.15, 0.2) is 100 Å². The molecule has 2 amide bonds. The first-order chi connectivity index (χ1) is 36.9. The van der Waals surface area contributed by atoms with Gasteiger partial charge in [-0.1, -0.05) is 28.6 Å².